The van der Waals surface area contributed by atoms with E-state index in [1.807, 2.05) is 78.9 Å². The SMILES string of the molecule is COC(=O)c1ccccc1CC[C@H](O)c1ccccc1C=Cc1ccc2ccc(Cl)cc2n1. The van der Waals surface area contributed by atoms with Gasteiger partial charge in [-0.15, -0.1) is 0 Å². The van der Waals surface area contributed by atoms with Gasteiger partial charge in [-0.2, -0.15) is 0 Å². The lowest BCUT2D eigenvalue weighted by molar-refractivity contribution is 0.0599. The molecule has 0 unspecified atom stereocenters. The molecule has 1 heterocycles. The molecular weight excluding hydrogens is 434 g/mol. The largest absolute Gasteiger partial charge is 0.465 e. The number of hydrogen-bond donors (Lipinski definition) is 1. The van der Waals surface area contributed by atoms with Crippen LogP contribution in [-0.4, -0.2) is 23.2 Å². The molecular formula is C28H24ClNO3. The average molecular weight is 458 g/mol. The number of hydrogen-bond acceptors (Lipinski definition) is 4. The molecule has 0 radical (unpaired) electrons. The van der Waals surface area contributed by atoms with Crippen LogP contribution < -0.4 is 0 Å². The summed E-state index contributed by atoms with van der Waals surface area (Å²) >= 11 is 6.10. The minimum Gasteiger partial charge on any atom is -0.465 e. The van der Waals surface area contributed by atoms with Gasteiger partial charge in [-0.05, 0) is 59.9 Å². The molecule has 0 aliphatic carbocycles. The number of pyridine rings is 1. The number of aliphatic hydroxyl groups excluding tert-OH is 1. The number of nitrogens with zero attached hydrogens (tertiary/aromatic N) is 1. The van der Waals surface area contributed by atoms with Gasteiger partial charge in [0, 0.05) is 10.4 Å². The van der Waals surface area contributed by atoms with Crippen molar-refractivity contribution in [3.8, 4) is 0 Å². The summed E-state index contributed by atoms with van der Waals surface area (Å²) in [5, 5.41) is 12.6. The summed E-state index contributed by atoms with van der Waals surface area (Å²) in [5.74, 6) is -0.368. The summed E-state index contributed by atoms with van der Waals surface area (Å²) in [6, 6.07) is 24.7. The Bertz CT molecular complexity index is 1320. The minimum absolute atomic E-state index is 0.368. The third-order valence-corrected chi connectivity index (χ3v) is 5.81. The first-order valence-electron chi connectivity index (χ1n) is 10.7. The van der Waals surface area contributed by atoms with Crippen LogP contribution in [0.15, 0.2) is 78.9 Å². The topological polar surface area (TPSA) is 59.4 Å². The maximum absolute atomic E-state index is 12.0. The Morgan fingerprint density at radius 3 is 2.64 bits per heavy atom. The van der Waals surface area contributed by atoms with E-state index >= 15 is 0 Å². The van der Waals surface area contributed by atoms with Gasteiger partial charge in [-0.3, -0.25) is 0 Å². The fourth-order valence-corrected chi connectivity index (χ4v) is 4.00. The molecule has 0 fully saturated rings. The summed E-state index contributed by atoms with van der Waals surface area (Å²) in [5.41, 5.74) is 4.77. The number of aliphatic hydroxyl groups is 1. The number of fused-ring (bicyclic) bond motifs is 1. The van der Waals surface area contributed by atoms with E-state index < -0.39 is 6.10 Å². The Labute approximate surface area is 198 Å². The number of benzene rings is 3. The van der Waals surface area contributed by atoms with E-state index in [0.717, 1.165) is 33.3 Å². The molecule has 1 N–H and O–H groups in total. The number of carbonyl (C=O) groups excluding carboxylic acids is 1. The molecule has 0 bridgehead atoms. The van der Waals surface area contributed by atoms with Crippen molar-refractivity contribution >= 4 is 40.6 Å². The third kappa shape index (κ3) is 5.48. The number of aryl methyl sites for hydroxylation is 1. The summed E-state index contributed by atoms with van der Waals surface area (Å²) in [6.45, 7) is 0. The Balaban J connectivity index is 1.52. The van der Waals surface area contributed by atoms with Crippen LogP contribution in [0.1, 0.15) is 45.3 Å². The lowest BCUT2D eigenvalue weighted by Crippen LogP contribution is -2.07. The van der Waals surface area contributed by atoms with Gasteiger partial charge in [0.2, 0.25) is 0 Å². The van der Waals surface area contributed by atoms with E-state index in [4.69, 9.17) is 16.3 Å². The van der Waals surface area contributed by atoms with Gasteiger partial charge in [0.15, 0.2) is 0 Å². The molecule has 0 aliphatic rings. The van der Waals surface area contributed by atoms with Crippen molar-refractivity contribution in [1.29, 1.82) is 0 Å². The quantitative estimate of drug-likeness (QED) is 0.321. The molecule has 4 aromatic rings. The van der Waals surface area contributed by atoms with Gasteiger partial charge < -0.3 is 9.84 Å². The standard InChI is InChI=1S/C28H24ClNO3/c1-33-28(32)25-9-5-3-7-20(25)13-17-27(31)24-8-4-2-6-19(24)11-15-23-16-12-21-10-14-22(29)18-26(21)30-23/h2-12,14-16,18,27,31H,13,17H2,1H3/t27-/m0/s1. The molecule has 0 aliphatic heterocycles. The number of halogens is 1. The molecule has 4 nitrogen and oxygen atoms in total. The van der Waals surface area contributed by atoms with Crippen LogP contribution in [0.3, 0.4) is 0 Å². The van der Waals surface area contributed by atoms with E-state index in [1.165, 1.54) is 7.11 Å². The lowest BCUT2D eigenvalue weighted by atomic mass is 9.95. The Hall–Kier alpha value is -3.47. The molecule has 166 valence electrons. The van der Waals surface area contributed by atoms with Gasteiger partial charge >= 0.3 is 5.97 Å². The van der Waals surface area contributed by atoms with E-state index in [0.29, 0.717) is 23.4 Å². The predicted octanol–water partition coefficient (Wildman–Crippen LogP) is 6.51. The van der Waals surface area contributed by atoms with Crippen molar-refractivity contribution in [1.82, 2.24) is 4.98 Å². The molecule has 5 heteroatoms. The van der Waals surface area contributed by atoms with Crippen molar-refractivity contribution in [2.75, 3.05) is 7.11 Å². The van der Waals surface area contributed by atoms with Crippen molar-refractivity contribution in [3.05, 3.63) is 112 Å². The van der Waals surface area contributed by atoms with Crippen LogP contribution in [0.5, 0.6) is 0 Å². The van der Waals surface area contributed by atoms with Gasteiger partial charge in [-0.1, -0.05) is 72.3 Å². The van der Waals surface area contributed by atoms with E-state index in [-0.39, 0.29) is 5.97 Å². The first kappa shape index (κ1) is 22.7. The van der Waals surface area contributed by atoms with E-state index in [1.54, 1.807) is 12.1 Å². The highest BCUT2D eigenvalue weighted by molar-refractivity contribution is 6.31. The second-order valence-corrected chi connectivity index (χ2v) is 8.18. The fourth-order valence-electron chi connectivity index (χ4n) is 3.84. The molecule has 0 saturated heterocycles. The normalized spacial score (nSPS) is 12.2. The molecule has 33 heavy (non-hydrogen) atoms. The number of esters is 1. The molecule has 0 saturated carbocycles. The number of carbonyl (C=O) groups is 1. The first-order valence-corrected chi connectivity index (χ1v) is 11.1. The van der Waals surface area contributed by atoms with Crippen LogP contribution >= 0.6 is 11.6 Å². The molecule has 1 aromatic heterocycles. The highest BCUT2D eigenvalue weighted by Crippen LogP contribution is 2.26. The Morgan fingerprint density at radius 1 is 1.03 bits per heavy atom. The highest BCUT2D eigenvalue weighted by atomic mass is 35.5. The summed E-state index contributed by atoms with van der Waals surface area (Å²) < 4.78 is 4.87. The van der Waals surface area contributed by atoms with Gasteiger partial charge in [0.25, 0.3) is 0 Å². The maximum atomic E-state index is 12.0. The number of methoxy groups -OCH3 is 1. The molecule has 3 aromatic carbocycles. The lowest BCUT2D eigenvalue weighted by Gasteiger charge is -2.15. The summed E-state index contributed by atoms with van der Waals surface area (Å²) in [6.07, 6.45) is 4.24. The van der Waals surface area contributed by atoms with Crippen LogP contribution in [0.2, 0.25) is 5.02 Å². The third-order valence-electron chi connectivity index (χ3n) is 5.57. The Kier molecular flexibility index (Phi) is 7.18. The Morgan fingerprint density at radius 2 is 1.79 bits per heavy atom. The maximum Gasteiger partial charge on any atom is 0.338 e. The van der Waals surface area contributed by atoms with Crippen LogP contribution in [0, 0.1) is 0 Å². The van der Waals surface area contributed by atoms with Crippen LogP contribution in [-0.2, 0) is 11.2 Å². The smallest absolute Gasteiger partial charge is 0.338 e. The van der Waals surface area contributed by atoms with Gasteiger partial charge in [0.05, 0.1) is 30.0 Å². The first-order chi connectivity index (χ1) is 16.0. The van der Waals surface area contributed by atoms with Gasteiger partial charge in [0.1, 0.15) is 0 Å². The second kappa shape index (κ2) is 10.4. The monoisotopic (exact) mass is 457 g/mol. The number of ether oxygens (including phenoxy) is 1. The fraction of sp³-hybridized carbons (Fsp3) is 0.143. The minimum atomic E-state index is -0.681. The summed E-state index contributed by atoms with van der Waals surface area (Å²) in [4.78, 5) is 16.7. The zero-order chi connectivity index (χ0) is 23.2. The zero-order valence-electron chi connectivity index (χ0n) is 18.2. The second-order valence-electron chi connectivity index (χ2n) is 7.74. The molecule has 0 amide bonds. The number of rotatable bonds is 7. The zero-order valence-corrected chi connectivity index (χ0v) is 19.0. The predicted molar refractivity (Wildman–Crippen MR) is 133 cm³/mol. The average Bonchev–Trinajstić information content (AvgIpc) is 2.85. The van der Waals surface area contributed by atoms with E-state index in [9.17, 15) is 9.90 Å². The van der Waals surface area contributed by atoms with E-state index in [2.05, 4.69) is 4.98 Å². The van der Waals surface area contributed by atoms with Crippen molar-refractivity contribution < 1.29 is 14.6 Å². The highest BCUT2D eigenvalue weighted by Gasteiger charge is 2.15. The molecule has 1 atom stereocenters. The van der Waals surface area contributed by atoms with Crippen LogP contribution in [0.4, 0.5) is 0 Å². The van der Waals surface area contributed by atoms with Crippen molar-refractivity contribution in [2.45, 2.75) is 18.9 Å². The summed E-state index contributed by atoms with van der Waals surface area (Å²) in [7, 11) is 1.37. The number of aromatic nitrogens is 1. The van der Waals surface area contributed by atoms with Crippen LogP contribution in [0.25, 0.3) is 23.1 Å². The van der Waals surface area contributed by atoms with Crippen molar-refractivity contribution in [3.63, 3.8) is 0 Å². The molecule has 0 spiro atoms. The molecule has 4 rings (SSSR count). The van der Waals surface area contributed by atoms with Crippen molar-refractivity contribution in [2.24, 2.45) is 0 Å². The van der Waals surface area contributed by atoms with Gasteiger partial charge in [-0.25, -0.2) is 9.78 Å².